The topological polar surface area (TPSA) is 62.3 Å². The second-order valence-electron chi connectivity index (χ2n) is 3.87. The van der Waals surface area contributed by atoms with Crippen LogP contribution >= 0.6 is 0 Å². The van der Waals surface area contributed by atoms with Crippen LogP contribution in [0.25, 0.3) is 0 Å². The smallest absolute Gasteiger partial charge is 0.121 e. The normalized spacial score (nSPS) is 9.88. The maximum absolute atomic E-state index is 7.08. The highest BCUT2D eigenvalue weighted by Gasteiger charge is 1.98. The molecule has 1 aromatic rings. The number of rotatable bonds is 6. The molecule has 16 heavy (non-hydrogen) atoms. The van der Waals surface area contributed by atoms with Crippen LogP contribution in [0.4, 0.5) is 5.69 Å². The first-order chi connectivity index (χ1) is 7.59. The molecule has 0 bridgehead atoms. The summed E-state index contributed by atoms with van der Waals surface area (Å²) in [6, 6.07) is 7.92. The predicted molar refractivity (Wildman–Crippen MR) is 67.4 cm³/mol. The molecular formula is C12H19N3O. The summed E-state index contributed by atoms with van der Waals surface area (Å²) in [4.78, 5) is 2.03. The molecule has 0 saturated heterocycles. The van der Waals surface area contributed by atoms with Gasteiger partial charge in [-0.05, 0) is 18.6 Å². The zero-order chi connectivity index (χ0) is 12.0. The van der Waals surface area contributed by atoms with Crippen molar-refractivity contribution in [3.8, 4) is 5.75 Å². The quantitative estimate of drug-likeness (QED) is 0.438. The van der Waals surface area contributed by atoms with Gasteiger partial charge in [0.1, 0.15) is 5.75 Å². The van der Waals surface area contributed by atoms with E-state index in [0.717, 1.165) is 17.9 Å². The van der Waals surface area contributed by atoms with Crippen molar-refractivity contribution in [2.45, 2.75) is 12.8 Å². The molecule has 88 valence electrons. The lowest BCUT2D eigenvalue weighted by Gasteiger charge is -2.14. The Morgan fingerprint density at radius 1 is 1.44 bits per heavy atom. The first-order valence-corrected chi connectivity index (χ1v) is 5.32. The minimum absolute atomic E-state index is 0.214. The Balaban J connectivity index is 2.42. The monoisotopic (exact) mass is 221 g/mol. The molecule has 4 nitrogen and oxygen atoms in total. The van der Waals surface area contributed by atoms with Crippen molar-refractivity contribution in [3.63, 3.8) is 0 Å². The van der Waals surface area contributed by atoms with Crippen LogP contribution in [-0.2, 0) is 0 Å². The number of hydrogen-bond donors (Lipinski definition) is 2. The first kappa shape index (κ1) is 12.4. The molecular weight excluding hydrogens is 202 g/mol. The molecule has 0 aliphatic rings. The number of hydrogen-bond acceptors (Lipinski definition) is 3. The minimum Gasteiger partial charge on any atom is -0.494 e. The average molecular weight is 221 g/mol. The highest BCUT2D eigenvalue weighted by Crippen LogP contribution is 2.19. The molecule has 0 atom stereocenters. The standard InChI is InChI=1S/C12H19N3O/c1-15(2)10-5-3-6-11(9-10)16-8-4-7-12(13)14/h3,5-6,9H,4,7-8H2,1-2H3,(H3,13,14). The number of ether oxygens (including phenoxy) is 1. The molecule has 0 saturated carbocycles. The largest absolute Gasteiger partial charge is 0.494 e. The molecule has 0 aliphatic heterocycles. The van der Waals surface area contributed by atoms with Gasteiger partial charge in [0.2, 0.25) is 0 Å². The van der Waals surface area contributed by atoms with Gasteiger partial charge in [-0.25, -0.2) is 0 Å². The molecule has 0 radical (unpaired) electrons. The second kappa shape index (κ2) is 6.00. The molecule has 1 rings (SSSR count). The fourth-order valence-corrected chi connectivity index (χ4v) is 1.30. The van der Waals surface area contributed by atoms with E-state index in [2.05, 4.69) is 0 Å². The zero-order valence-corrected chi connectivity index (χ0v) is 9.86. The third-order valence-electron chi connectivity index (χ3n) is 2.19. The fourth-order valence-electron chi connectivity index (χ4n) is 1.30. The summed E-state index contributed by atoms with van der Waals surface area (Å²) < 4.78 is 5.57. The van der Waals surface area contributed by atoms with Gasteiger partial charge in [0.25, 0.3) is 0 Å². The van der Waals surface area contributed by atoms with Gasteiger partial charge < -0.3 is 15.4 Å². The molecule has 4 heteroatoms. The van der Waals surface area contributed by atoms with E-state index in [0.29, 0.717) is 13.0 Å². The van der Waals surface area contributed by atoms with Crippen LogP contribution < -0.4 is 15.4 Å². The minimum atomic E-state index is 0.214. The van der Waals surface area contributed by atoms with Crippen LogP contribution in [0.1, 0.15) is 12.8 Å². The van der Waals surface area contributed by atoms with Gasteiger partial charge in [0.15, 0.2) is 0 Å². The fraction of sp³-hybridized carbons (Fsp3) is 0.417. The van der Waals surface area contributed by atoms with Gasteiger partial charge in [-0.3, -0.25) is 5.41 Å². The maximum Gasteiger partial charge on any atom is 0.121 e. The molecule has 3 N–H and O–H groups in total. The Bertz CT molecular complexity index is 350. The van der Waals surface area contributed by atoms with Crippen molar-refractivity contribution < 1.29 is 4.74 Å². The Hall–Kier alpha value is -1.71. The van der Waals surface area contributed by atoms with E-state index in [1.807, 2.05) is 43.3 Å². The van der Waals surface area contributed by atoms with Crippen LogP contribution in [-0.4, -0.2) is 26.5 Å². The molecule has 0 heterocycles. The number of amidine groups is 1. The molecule has 1 aromatic carbocycles. The van der Waals surface area contributed by atoms with Gasteiger partial charge in [-0.1, -0.05) is 6.07 Å². The van der Waals surface area contributed by atoms with E-state index >= 15 is 0 Å². The SMILES string of the molecule is CN(C)c1cccc(OCCCC(=N)N)c1. The summed E-state index contributed by atoms with van der Waals surface area (Å²) >= 11 is 0. The van der Waals surface area contributed by atoms with Crippen molar-refractivity contribution >= 4 is 11.5 Å². The van der Waals surface area contributed by atoms with Crippen molar-refractivity contribution in [3.05, 3.63) is 24.3 Å². The van der Waals surface area contributed by atoms with Crippen LogP contribution in [0.3, 0.4) is 0 Å². The van der Waals surface area contributed by atoms with Gasteiger partial charge in [0.05, 0.1) is 12.4 Å². The highest BCUT2D eigenvalue weighted by molar-refractivity contribution is 5.76. The van der Waals surface area contributed by atoms with Crippen LogP contribution in [0.15, 0.2) is 24.3 Å². The summed E-state index contributed by atoms with van der Waals surface area (Å²) in [6.07, 6.45) is 1.37. The highest BCUT2D eigenvalue weighted by atomic mass is 16.5. The van der Waals surface area contributed by atoms with Crippen LogP contribution in [0.2, 0.25) is 0 Å². The summed E-state index contributed by atoms with van der Waals surface area (Å²) in [5.41, 5.74) is 6.37. The van der Waals surface area contributed by atoms with E-state index in [-0.39, 0.29) is 5.84 Å². The molecule has 0 amide bonds. The number of nitrogens with two attached hydrogens (primary N) is 1. The maximum atomic E-state index is 7.08. The number of nitrogens with zero attached hydrogens (tertiary/aromatic N) is 1. The van der Waals surface area contributed by atoms with E-state index in [9.17, 15) is 0 Å². The molecule has 0 aliphatic carbocycles. The van der Waals surface area contributed by atoms with E-state index < -0.39 is 0 Å². The van der Waals surface area contributed by atoms with Gasteiger partial charge in [-0.2, -0.15) is 0 Å². The Morgan fingerprint density at radius 2 is 2.19 bits per heavy atom. The summed E-state index contributed by atoms with van der Waals surface area (Å²) in [5.74, 6) is 1.07. The first-order valence-electron chi connectivity index (χ1n) is 5.32. The number of anilines is 1. The second-order valence-corrected chi connectivity index (χ2v) is 3.87. The molecule has 0 spiro atoms. The zero-order valence-electron chi connectivity index (χ0n) is 9.86. The number of benzene rings is 1. The van der Waals surface area contributed by atoms with Gasteiger partial charge in [-0.15, -0.1) is 0 Å². The van der Waals surface area contributed by atoms with E-state index in [1.165, 1.54) is 0 Å². The van der Waals surface area contributed by atoms with Crippen LogP contribution in [0.5, 0.6) is 5.75 Å². The number of nitrogens with one attached hydrogen (secondary N) is 1. The van der Waals surface area contributed by atoms with E-state index in [4.69, 9.17) is 15.9 Å². The van der Waals surface area contributed by atoms with Crippen LogP contribution in [0, 0.1) is 5.41 Å². The van der Waals surface area contributed by atoms with Gasteiger partial charge >= 0.3 is 0 Å². The Kier molecular flexibility index (Phi) is 4.64. The van der Waals surface area contributed by atoms with Crippen molar-refractivity contribution in [1.82, 2.24) is 0 Å². The summed E-state index contributed by atoms with van der Waals surface area (Å²) in [6.45, 7) is 0.594. The van der Waals surface area contributed by atoms with E-state index in [1.54, 1.807) is 0 Å². The molecule has 0 fully saturated rings. The lowest BCUT2D eigenvalue weighted by molar-refractivity contribution is 0.313. The third-order valence-corrected chi connectivity index (χ3v) is 2.19. The van der Waals surface area contributed by atoms with Crippen molar-refractivity contribution in [2.75, 3.05) is 25.6 Å². The Morgan fingerprint density at radius 3 is 2.81 bits per heavy atom. The lowest BCUT2D eigenvalue weighted by atomic mass is 10.3. The third kappa shape index (κ3) is 4.21. The molecule has 0 aromatic heterocycles. The lowest BCUT2D eigenvalue weighted by Crippen LogP contribution is -2.11. The average Bonchev–Trinajstić information content (AvgIpc) is 2.24. The predicted octanol–water partition coefficient (Wildman–Crippen LogP) is 1.85. The van der Waals surface area contributed by atoms with Crippen molar-refractivity contribution in [1.29, 1.82) is 5.41 Å². The molecule has 0 unspecified atom stereocenters. The summed E-state index contributed by atoms with van der Waals surface area (Å²) in [7, 11) is 3.99. The van der Waals surface area contributed by atoms with Gasteiger partial charge in [0, 0.05) is 32.3 Å². The Labute approximate surface area is 96.5 Å². The van der Waals surface area contributed by atoms with Crippen molar-refractivity contribution in [2.24, 2.45) is 5.73 Å². The summed E-state index contributed by atoms with van der Waals surface area (Å²) in [5, 5.41) is 7.08.